The molecule has 0 heterocycles. The fraction of sp³-hybridized carbons (Fsp3) is 0.429. The zero-order chi connectivity index (χ0) is 13.5. The zero-order valence-electron chi connectivity index (χ0n) is 10.6. The lowest BCUT2D eigenvalue weighted by atomic mass is 9.96. The van der Waals surface area contributed by atoms with E-state index in [2.05, 4.69) is 21.2 Å². The third-order valence-electron chi connectivity index (χ3n) is 2.84. The van der Waals surface area contributed by atoms with Gasteiger partial charge in [0, 0.05) is 10.4 Å². The molecule has 0 radical (unpaired) electrons. The molecule has 2 atom stereocenters. The van der Waals surface area contributed by atoms with Crippen LogP contribution in [0, 0.1) is 17.2 Å². The van der Waals surface area contributed by atoms with E-state index in [1.54, 1.807) is 6.92 Å². The third-order valence-corrected chi connectivity index (χ3v) is 3.61. The third kappa shape index (κ3) is 4.15. The van der Waals surface area contributed by atoms with E-state index in [4.69, 9.17) is 5.26 Å². The number of hydrogen-bond acceptors (Lipinski definition) is 2. The molecule has 1 N–H and O–H groups in total. The predicted molar refractivity (Wildman–Crippen MR) is 74.8 cm³/mol. The number of carbonyl (C=O) groups is 1. The van der Waals surface area contributed by atoms with Crippen molar-refractivity contribution in [3.05, 3.63) is 34.3 Å². The largest absolute Gasteiger partial charge is 0.340 e. The highest BCUT2D eigenvalue weighted by Crippen LogP contribution is 2.21. The molecule has 0 aliphatic carbocycles. The van der Waals surface area contributed by atoms with Gasteiger partial charge in [-0.15, -0.1) is 0 Å². The van der Waals surface area contributed by atoms with Gasteiger partial charge >= 0.3 is 0 Å². The number of amides is 1. The maximum atomic E-state index is 12.0. The molecule has 0 saturated carbocycles. The van der Waals surface area contributed by atoms with Crippen molar-refractivity contribution in [3.63, 3.8) is 0 Å². The van der Waals surface area contributed by atoms with E-state index in [1.165, 1.54) is 0 Å². The van der Waals surface area contributed by atoms with Crippen molar-refractivity contribution in [1.29, 1.82) is 5.26 Å². The average Bonchev–Trinajstić information content (AvgIpc) is 2.37. The van der Waals surface area contributed by atoms with Crippen molar-refractivity contribution >= 4 is 21.8 Å². The minimum absolute atomic E-state index is 0.0534. The molecule has 2 unspecified atom stereocenters. The quantitative estimate of drug-likeness (QED) is 0.909. The number of carbonyl (C=O) groups excluding carboxylic acids is 1. The van der Waals surface area contributed by atoms with E-state index in [0.717, 1.165) is 16.5 Å². The van der Waals surface area contributed by atoms with Crippen LogP contribution in [0.1, 0.15) is 25.8 Å². The van der Waals surface area contributed by atoms with Crippen LogP contribution in [0.5, 0.6) is 0 Å². The van der Waals surface area contributed by atoms with Gasteiger partial charge in [0.05, 0.1) is 6.07 Å². The lowest BCUT2D eigenvalue weighted by Gasteiger charge is -2.16. The molecule has 0 fully saturated rings. The Kier molecular flexibility index (Phi) is 5.87. The topological polar surface area (TPSA) is 52.9 Å². The number of hydrogen-bond donors (Lipinski definition) is 1. The minimum Gasteiger partial charge on any atom is -0.340 e. The molecule has 0 aromatic heterocycles. The molecule has 1 aromatic rings. The second-order valence-electron chi connectivity index (χ2n) is 4.26. The summed E-state index contributed by atoms with van der Waals surface area (Å²) < 4.78 is 1.02. The number of halogens is 1. The van der Waals surface area contributed by atoms with Gasteiger partial charge in [0.2, 0.25) is 5.91 Å². The molecule has 18 heavy (non-hydrogen) atoms. The van der Waals surface area contributed by atoms with Crippen molar-refractivity contribution < 1.29 is 4.79 Å². The summed E-state index contributed by atoms with van der Waals surface area (Å²) in [7, 11) is 0. The van der Waals surface area contributed by atoms with Gasteiger partial charge in [-0.05, 0) is 31.4 Å². The summed E-state index contributed by atoms with van der Waals surface area (Å²) in [5.41, 5.74) is 1.11. The van der Waals surface area contributed by atoms with Crippen LogP contribution in [0.2, 0.25) is 0 Å². The first kappa shape index (κ1) is 14.7. The van der Waals surface area contributed by atoms with Crippen molar-refractivity contribution in [2.24, 2.45) is 5.92 Å². The molecule has 1 aromatic carbocycles. The van der Waals surface area contributed by atoms with Crippen molar-refractivity contribution in [3.8, 4) is 6.07 Å². The van der Waals surface area contributed by atoms with Crippen LogP contribution in [-0.4, -0.2) is 11.9 Å². The molecule has 0 aliphatic rings. The maximum Gasteiger partial charge on any atom is 0.224 e. The monoisotopic (exact) mass is 308 g/mol. The molecule has 3 nitrogen and oxygen atoms in total. The summed E-state index contributed by atoms with van der Waals surface area (Å²) in [6.07, 6.45) is 1.44. The number of nitrogens with one attached hydrogen (secondary N) is 1. The number of nitriles is 1. The van der Waals surface area contributed by atoms with E-state index in [1.807, 2.05) is 37.3 Å². The van der Waals surface area contributed by atoms with Crippen molar-refractivity contribution in [2.45, 2.75) is 32.7 Å². The molecule has 0 aliphatic heterocycles. The smallest absolute Gasteiger partial charge is 0.224 e. The molecule has 1 rings (SSSR count). The lowest BCUT2D eigenvalue weighted by Crippen LogP contribution is -2.37. The Labute approximate surface area is 116 Å². The summed E-state index contributed by atoms with van der Waals surface area (Å²) in [5.74, 6) is -0.151. The van der Waals surface area contributed by atoms with E-state index < -0.39 is 6.04 Å². The molecular formula is C14H17BrN2O. The fourth-order valence-electron chi connectivity index (χ4n) is 1.72. The molecule has 96 valence electrons. The van der Waals surface area contributed by atoms with Gasteiger partial charge in [-0.1, -0.05) is 41.1 Å². The Bertz CT molecular complexity index is 453. The summed E-state index contributed by atoms with van der Waals surface area (Å²) in [4.78, 5) is 12.0. The molecule has 4 heteroatoms. The normalized spacial score (nSPS) is 13.4. The van der Waals surface area contributed by atoms with E-state index in [0.29, 0.717) is 6.42 Å². The van der Waals surface area contributed by atoms with Crippen LogP contribution in [0.15, 0.2) is 28.7 Å². The first-order valence-corrected chi connectivity index (χ1v) is 6.81. The molecule has 0 bridgehead atoms. The van der Waals surface area contributed by atoms with Gasteiger partial charge in [-0.25, -0.2) is 0 Å². The number of benzene rings is 1. The van der Waals surface area contributed by atoms with Gasteiger partial charge in [-0.2, -0.15) is 5.26 Å². The van der Waals surface area contributed by atoms with Crippen molar-refractivity contribution in [1.82, 2.24) is 5.32 Å². The van der Waals surface area contributed by atoms with Crippen LogP contribution in [0.4, 0.5) is 0 Å². The van der Waals surface area contributed by atoms with Crippen LogP contribution >= 0.6 is 15.9 Å². The Morgan fingerprint density at radius 1 is 1.50 bits per heavy atom. The predicted octanol–water partition coefficient (Wildman–Crippen LogP) is 3.05. The summed E-state index contributed by atoms with van der Waals surface area (Å²) in [6.45, 7) is 3.67. The van der Waals surface area contributed by atoms with E-state index in [9.17, 15) is 4.79 Å². The van der Waals surface area contributed by atoms with Gasteiger partial charge < -0.3 is 5.32 Å². The highest BCUT2D eigenvalue weighted by molar-refractivity contribution is 9.10. The molecule has 1 amide bonds. The second-order valence-corrected chi connectivity index (χ2v) is 5.11. The highest BCUT2D eigenvalue weighted by Gasteiger charge is 2.19. The van der Waals surface area contributed by atoms with Gasteiger partial charge in [0.25, 0.3) is 0 Å². The van der Waals surface area contributed by atoms with E-state index in [-0.39, 0.29) is 11.8 Å². The molecule has 0 spiro atoms. The van der Waals surface area contributed by atoms with Gasteiger partial charge in [-0.3, -0.25) is 4.79 Å². The first-order chi connectivity index (χ1) is 8.58. The Hall–Kier alpha value is -1.34. The van der Waals surface area contributed by atoms with Crippen molar-refractivity contribution in [2.75, 3.05) is 0 Å². The second kappa shape index (κ2) is 7.17. The SMILES string of the molecule is CCC(Cc1ccccc1Br)C(=O)NC(C)C#N. The van der Waals surface area contributed by atoms with Crippen LogP contribution in [0.3, 0.4) is 0 Å². The standard InChI is InChI=1S/C14H17BrN2O/c1-3-11(14(18)17-10(2)9-16)8-12-6-4-5-7-13(12)15/h4-7,10-11H,3,8H2,1-2H3,(H,17,18). The first-order valence-electron chi connectivity index (χ1n) is 6.01. The zero-order valence-corrected chi connectivity index (χ0v) is 12.2. The Morgan fingerprint density at radius 2 is 2.17 bits per heavy atom. The van der Waals surface area contributed by atoms with Crippen LogP contribution in [-0.2, 0) is 11.2 Å². The van der Waals surface area contributed by atoms with Gasteiger partial charge in [0.15, 0.2) is 0 Å². The maximum absolute atomic E-state index is 12.0. The highest BCUT2D eigenvalue weighted by atomic mass is 79.9. The van der Waals surface area contributed by atoms with Crippen LogP contribution in [0.25, 0.3) is 0 Å². The number of nitrogens with zero attached hydrogens (tertiary/aromatic N) is 1. The van der Waals surface area contributed by atoms with Gasteiger partial charge in [0.1, 0.15) is 6.04 Å². The Balaban J connectivity index is 2.71. The lowest BCUT2D eigenvalue weighted by molar-refractivity contribution is -0.125. The van der Waals surface area contributed by atoms with E-state index >= 15 is 0 Å². The number of rotatable bonds is 5. The molecule has 0 saturated heterocycles. The average molecular weight is 309 g/mol. The summed E-state index contributed by atoms with van der Waals surface area (Å²) in [6, 6.07) is 9.46. The summed E-state index contributed by atoms with van der Waals surface area (Å²) in [5, 5.41) is 11.4. The fourth-order valence-corrected chi connectivity index (χ4v) is 2.16. The molecular weight excluding hydrogens is 292 g/mol. The summed E-state index contributed by atoms with van der Waals surface area (Å²) >= 11 is 3.48. The van der Waals surface area contributed by atoms with Crippen LogP contribution < -0.4 is 5.32 Å². The Morgan fingerprint density at radius 3 is 2.72 bits per heavy atom. The minimum atomic E-state index is -0.439.